The normalized spacial score (nSPS) is 19.4. The number of nitrogens with zero attached hydrogens (tertiary/aromatic N) is 2. The van der Waals surface area contributed by atoms with Crippen LogP contribution in [-0.4, -0.2) is 31.0 Å². The minimum Gasteiger partial charge on any atom is -0.373 e. The van der Waals surface area contributed by atoms with Crippen LogP contribution in [-0.2, 0) is 11.0 Å². The fourth-order valence-corrected chi connectivity index (χ4v) is 2.39. The SMILES string of the molecule is CNc1cc(C(F)(F)F)cc(N2CCCC(C(N)=O)C2)n1. The number of halogens is 3. The Morgan fingerprint density at radius 3 is 2.76 bits per heavy atom. The van der Waals surface area contributed by atoms with E-state index in [1.807, 2.05) is 0 Å². The van der Waals surface area contributed by atoms with Gasteiger partial charge in [0.15, 0.2) is 0 Å². The van der Waals surface area contributed by atoms with E-state index in [1.54, 1.807) is 4.90 Å². The van der Waals surface area contributed by atoms with Gasteiger partial charge >= 0.3 is 6.18 Å². The summed E-state index contributed by atoms with van der Waals surface area (Å²) in [6.45, 7) is 0.855. The molecule has 2 heterocycles. The molecule has 0 aliphatic carbocycles. The minimum absolute atomic E-state index is 0.140. The molecule has 1 aliphatic rings. The predicted molar refractivity (Wildman–Crippen MR) is 72.9 cm³/mol. The summed E-state index contributed by atoms with van der Waals surface area (Å²) in [6, 6.07) is 1.96. The summed E-state index contributed by atoms with van der Waals surface area (Å²) in [5.74, 6) is -0.435. The van der Waals surface area contributed by atoms with Gasteiger partial charge in [0.2, 0.25) is 5.91 Å². The van der Waals surface area contributed by atoms with Crippen LogP contribution in [0.1, 0.15) is 18.4 Å². The van der Waals surface area contributed by atoms with E-state index in [1.165, 1.54) is 7.05 Å². The molecule has 0 radical (unpaired) electrons. The smallest absolute Gasteiger partial charge is 0.373 e. The molecule has 116 valence electrons. The maximum atomic E-state index is 12.9. The fourth-order valence-electron chi connectivity index (χ4n) is 2.39. The Morgan fingerprint density at radius 2 is 2.19 bits per heavy atom. The third kappa shape index (κ3) is 3.56. The number of nitrogens with two attached hydrogens (primary N) is 1. The van der Waals surface area contributed by atoms with E-state index in [0.717, 1.165) is 12.1 Å². The number of hydrogen-bond donors (Lipinski definition) is 2. The lowest BCUT2D eigenvalue weighted by Crippen LogP contribution is -2.41. The van der Waals surface area contributed by atoms with Gasteiger partial charge in [0.05, 0.1) is 11.5 Å². The van der Waals surface area contributed by atoms with Gasteiger partial charge in [-0.2, -0.15) is 13.2 Å². The van der Waals surface area contributed by atoms with Crippen molar-refractivity contribution in [1.29, 1.82) is 0 Å². The summed E-state index contributed by atoms with van der Waals surface area (Å²) in [5.41, 5.74) is 4.52. The first-order chi connectivity index (χ1) is 9.81. The minimum atomic E-state index is -4.44. The Kier molecular flexibility index (Phi) is 4.24. The van der Waals surface area contributed by atoms with Gasteiger partial charge in [-0.05, 0) is 25.0 Å². The van der Waals surface area contributed by atoms with Gasteiger partial charge in [0, 0.05) is 20.1 Å². The molecular weight excluding hydrogens is 285 g/mol. The highest BCUT2D eigenvalue weighted by Crippen LogP contribution is 2.33. The van der Waals surface area contributed by atoms with Crippen LogP contribution in [0, 0.1) is 5.92 Å². The molecule has 0 aromatic carbocycles. The maximum absolute atomic E-state index is 12.9. The number of hydrogen-bond acceptors (Lipinski definition) is 4. The third-order valence-corrected chi connectivity index (χ3v) is 3.54. The summed E-state index contributed by atoms with van der Waals surface area (Å²) in [6.07, 6.45) is -3.09. The van der Waals surface area contributed by atoms with Crippen molar-refractivity contribution in [1.82, 2.24) is 4.98 Å². The number of rotatable bonds is 3. The molecule has 1 aromatic rings. The van der Waals surface area contributed by atoms with Crippen molar-refractivity contribution in [3.63, 3.8) is 0 Å². The number of piperidine rings is 1. The Bertz CT molecular complexity index is 533. The number of carbonyl (C=O) groups excluding carboxylic acids is 1. The number of amides is 1. The highest BCUT2D eigenvalue weighted by Gasteiger charge is 2.33. The first kappa shape index (κ1) is 15.4. The number of pyridine rings is 1. The second-order valence-corrected chi connectivity index (χ2v) is 5.03. The standard InChI is InChI=1S/C13H17F3N4O/c1-18-10-5-9(13(14,15)16)6-11(19-10)20-4-2-3-8(7-20)12(17)21/h5-6,8H,2-4,7H2,1H3,(H2,17,21)(H,18,19). The van der Waals surface area contributed by atoms with Crippen molar-refractivity contribution in [2.24, 2.45) is 11.7 Å². The summed E-state index contributed by atoms with van der Waals surface area (Å²) in [7, 11) is 1.51. The van der Waals surface area contributed by atoms with Crippen LogP contribution in [0.25, 0.3) is 0 Å². The Labute approximate surface area is 120 Å². The van der Waals surface area contributed by atoms with Crippen LogP contribution in [0.2, 0.25) is 0 Å². The molecule has 1 unspecified atom stereocenters. The fraction of sp³-hybridized carbons (Fsp3) is 0.538. The van der Waals surface area contributed by atoms with Crippen molar-refractivity contribution >= 4 is 17.5 Å². The van der Waals surface area contributed by atoms with E-state index in [-0.39, 0.29) is 17.6 Å². The van der Waals surface area contributed by atoms with Gasteiger partial charge in [-0.1, -0.05) is 0 Å². The van der Waals surface area contributed by atoms with E-state index >= 15 is 0 Å². The number of alkyl halides is 3. The zero-order chi connectivity index (χ0) is 15.6. The molecule has 1 amide bonds. The predicted octanol–water partition coefficient (Wildman–Crippen LogP) is 1.84. The molecule has 0 spiro atoms. The second kappa shape index (κ2) is 5.79. The number of nitrogens with one attached hydrogen (secondary N) is 1. The molecule has 0 saturated carbocycles. The van der Waals surface area contributed by atoms with Crippen LogP contribution >= 0.6 is 0 Å². The van der Waals surface area contributed by atoms with Crippen molar-refractivity contribution in [3.8, 4) is 0 Å². The van der Waals surface area contributed by atoms with Crippen molar-refractivity contribution in [2.45, 2.75) is 19.0 Å². The third-order valence-electron chi connectivity index (χ3n) is 3.54. The molecule has 2 rings (SSSR count). The summed E-state index contributed by atoms with van der Waals surface area (Å²) < 4.78 is 38.7. The largest absolute Gasteiger partial charge is 0.416 e. The van der Waals surface area contributed by atoms with Crippen LogP contribution < -0.4 is 16.0 Å². The Morgan fingerprint density at radius 1 is 1.48 bits per heavy atom. The van der Waals surface area contributed by atoms with Crippen LogP contribution in [0.3, 0.4) is 0 Å². The molecule has 1 aromatic heterocycles. The first-order valence-electron chi connectivity index (χ1n) is 6.62. The number of primary amides is 1. The monoisotopic (exact) mass is 302 g/mol. The lowest BCUT2D eigenvalue weighted by molar-refractivity contribution is -0.137. The molecule has 1 saturated heterocycles. The highest BCUT2D eigenvalue weighted by atomic mass is 19.4. The van der Waals surface area contributed by atoms with Crippen molar-refractivity contribution in [2.75, 3.05) is 30.4 Å². The summed E-state index contributed by atoms with van der Waals surface area (Å²) in [5, 5.41) is 2.62. The topological polar surface area (TPSA) is 71.2 Å². The molecule has 5 nitrogen and oxygen atoms in total. The number of anilines is 2. The molecule has 1 fully saturated rings. The van der Waals surface area contributed by atoms with Crippen LogP contribution in [0.4, 0.5) is 24.8 Å². The van der Waals surface area contributed by atoms with Gasteiger partial charge in [-0.3, -0.25) is 4.79 Å². The zero-order valence-corrected chi connectivity index (χ0v) is 11.6. The molecule has 1 atom stereocenters. The number of aromatic nitrogens is 1. The highest BCUT2D eigenvalue weighted by molar-refractivity contribution is 5.77. The Balaban J connectivity index is 2.32. The van der Waals surface area contributed by atoms with Gasteiger partial charge in [-0.15, -0.1) is 0 Å². The maximum Gasteiger partial charge on any atom is 0.416 e. The van der Waals surface area contributed by atoms with Crippen LogP contribution in [0.15, 0.2) is 12.1 Å². The first-order valence-corrected chi connectivity index (χ1v) is 6.62. The van der Waals surface area contributed by atoms with E-state index in [4.69, 9.17) is 5.73 Å². The lowest BCUT2D eigenvalue weighted by Gasteiger charge is -2.32. The molecule has 21 heavy (non-hydrogen) atoms. The van der Waals surface area contributed by atoms with Gasteiger partial charge in [-0.25, -0.2) is 4.98 Å². The molecule has 3 N–H and O–H groups in total. The van der Waals surface area contributed by atoms with E-state index in [2.05, 4.69) is 10.3 Å². The van der Waals surface area contributed by atoms with Crippen LogP contribution in [0.5, 0.6) is 0 Å². The van der Waals surface area contributed by atoms with Gasteiger partial charge in [0.25, 0.3) is 0 Å². The Hall–Kier alpha value is -1.99. The lowest BCUT2D eigenvalue weighted by atomic mass is 9.97. The zero-order valence-electron chi connectivity index (χ0n) is 11.6. The van der Waals surface area contributed by atoms with Crippen molar-refractivity contribution < 1.29 is 18.0 Å². The van der Waals surface area contributed by atoms with E-state index in [9.17, 15) is 18.0 Å². The average molecular weight is 302 g/mol. The van der Waals surface area contributed by atoms with Crippen molar-refractivity contribution in [3.05, 3.63) is 17.7 Å². The quantitative estimate of drug-likeness (QED) is 0.894. The summed E-state index contributed by atoms with van der Waals surface area (Å²) >= 11 is 0. The van der Waals surface area contributed by atoms with Gasteiger partial charge < -0.3 is 16.0 Å². The number of carbonyl (C=O) groups is 1. The molecule has 1 aliphatic heterocycles. The van der Waals surface area contributed by atoms with E-state index in [0.29, 0.717) is 25.9 Å². The summed E-state index contributed by atoms with van der Waals surface area (Å²) in [4.78, 5) is 17.1. The second-order valence-electron chi connectivity index (χ2n) is 5.03. The average Bonchev–Trinajstić information content (AvgIpc) is 2.46. The molecule has 8 heteroatoms. The van der Waals surface area contributed by atoms with E-state index < -0.39 is 17.6 Å². The molecular formula is C13H17F3N4O. The molecule has 0 bridgehead atoms. The van der Waals surface area contributed by atoms with Gasteiger partial charge in [0.1, 0.15) is 11.6 Å².